The van der Waals surface area contributed by atoms with Crippen LogP contribution in [-0.2, 0) is 39.8 Å². The van der Waals surface area contributed by atoms with E-state index in [1.54, 1.807) is 0 Å². The molecule has 0 heterocycles. The van der Waals surface area contributed by atoms with Gasteiger partial charge >= 0.3 is 22.4 Å². The Kier molecular flexibility index (Phi) is 15.4. The van der Waals surface area contributed by atoms with Gasteiger partial charge < -0.3 is 43.2 Å². The summed E-state index contributed by atoms with van der Waals surface area (Å²) in [5.41, 5.74) is 0. The van der Waals surface area contributed by atoms with Crippen LogP contribution in [0, 0.1) is 0 Å². The summed E-state index contributed by atoms with van der Waals surface area (Å²) in [6.07, 6.45) is 0. The fourth-order valence-electron chi connectivity index (χ4n) is 0.679. The van der Waals surface area contributed by atoms with Crippen LogP contribution in [0.5, 0.6) is 0 Å². The molecule has 0 aliphatic rings. The van der Waals surface area contributed by atoms with Gasteiger partial charge in [-0.05, 0) is 18.3 Å². The van der Waals surface area contributed by atoms with E-state index in [4.69, 9.17) is 8.61 Å². The van der Waals surface area contributed by atoms with Crippen LogP contribution in [0.4, 0.5) is 0 Å². The predicted octanol–water partition coefficient (Wildman–Crippen LogP) is -2.61. The summed E-state index contributed by atoms with van der Waals surface area (Å²) in [6, 6.07) is 0. The van der Waals surface area contributed by atoms with Crippen molar-refractivity contribution in [2.45, 2.75) is 0 Å². The number of carboxylic acids is 1. The molecule has 18 heavy (non-hydrogen) atoms. The number of carboxylic acid groups (broad SMARTS) is 1. The van der Waals surface area contributed by atoms with E-state index in [9.17, 15) is 15.0 Å². The van der Waals surface area contributed by atoms with Gasteiger partial charge in [-0.1, -0.05) is 0 Å². The summed E-state index contributed by atoms with van der Waals surface area (Å²) in [6.45, 7) is -0.135. The van der Waals surface area contributed by atoms with Crippen molar-refractivity contribution in [3.05, 3.63) is 5.32 Å². The molecule has 0 radical (unpaired) electrons. The monoisotopic (exact) mass is 360 g/mol. The second kappa shape index (κ2) is 14.2. The van der Waals surface area contributed by atoms with Crippen molar-refractivity contribution in [2.24, 2.45) is 9.98 Å². The zero-order valence-electron chi connectivity index (χ0n) is 9.24. The van der Waals surface area contributed by atoms with Gasteiger partial charge in [0, 0.05) is 13.1 Å². The number of hydrogen-bond donors (Lipinski definition) is 1. The summed E-state index contributed by atoms with van der Waals surface area (Å²) in [7, 11) is 0. The second-order valence-corrected chi connectivity index (χ2v) is 2.99. The van der Waals surface area contributed by atoms with Crippen LogP contribution >= 0.6 is 0 Å². The summed E-state index contributed by atoms with van der Waals surface area (Å²) < 4.78 is 8.22. The first-order chi connectivity index (χ1) is 8.57. The van der Waals surface area contributed by atoms with Gasteiger partial charge in [-0.3, -0.25) is 4.79 Å². The van der Waals surface area contributed by atoms with E-state index >= 15 is 0 Å². The molecule has 0 unspecified atom stereocenters. The van der Waals surface area contributed by atoms with Gasteiger partial charge in [0.1, 0.15) is 0 Å². The van der Waals surface area contributed by atoms with E-state index in [1.807, 2.05) is 0 Å². The maximum atomic E-state index is 10.9. The van der Waals surface area contributed by atoms with Crippen LogP contribution in [0.1, 0.15) is 0 Å². The SMILES string of the molecule is O=C(O)C[N-]CCN=C([O-])C([O-])=NCC[S-].[O]=[99Tc+4]. The van der Waals surface area contributed by atoms with E-state index < -0.39 is 17.8 Å². The fraction of sp³-hybridized carbons (Fsp3) is 0.625. The van der Waals surface area contributed by atoms with Gasteiger partial charge in [0.15, 0.2) is 0 Å². The molecule has 0 aromatic rings. The maximum absolute atomic E-state index is 10.9. The first kappa shape index (κ1) is 19.5. The predicted molar refractivity (Wildman–Crippen MR) is 58.3 cm³/mol. The van der Waals surface area contributed by atoms with Crippen LogP contribution in [0.3, 0.4) is 0 Å². The molecule has 10 heteroatoms. The van der Waals surface area contributed by atoms with Crippen molar-refractivity contribution in [1.29, 1.82) is 0 Å². The average molecular weight is 360 g/mol. The van der Waals surface area contributed by atoms with Gasteiger partial charge in [0.05, 0.1) is 0 Å². The minimum absolute atomic E-state index is 0.0127. The summed E-state index contributed by atoms with van der Waals surface area (Å²) in [5.74, 6) is -2.66. The van der Waals surface area contributed by atoms with E-state index in [2.05, 4.69) is 27.9 Å². The van der Waals surface area contributed by atoms with Gasteiger partial charge in [-0.2, -0.15) is 5.75 Å². The minimum atomic E-state index is -1.05. The molecule has 0 aromatic heterocycles. The molecule has 8 nitrogen and oxygen atoms in total. The number of rotatable bonds is 7. The van der Waals surface area contributed by atoms with Crippen molar-refractivity contribution in [1.82, 2.24) is 0 Å². The van der Waals surface area contributed by atoms with Crippen molar-refractivity contribution in [3.63, 3.8) is 0 Å². The molecule has 0 aliphatic carbocycles. The topological polar surface area (TPSA) is 139 Å². The molecule has 0 aliphatic heterocycles. The summed E-state index contributed by atoms with van der Waals surface area (Å²) in [5, 5.41) is 33.6. The van der Waals surface area contributed by atoms with E-state index in [0.717, 1.165) is 18.9 Å². The van der Waals surface area contributed by atoms with E-state index in [0.29, 0.717) is 0 Å². The molecule has 0 saturated heterocycles. The molecular formula is C8H11N3O5STc. The first-order valence-electron chi connectivity index (χ1n) is 4.59. The normalized spacial score (nSPS) is 11.7. The Hall–Kier alpha value is -0.831. The van der Waals surface area contributed by atoms with Crippen LogP contribution in [0.2, 0.25) is 0 Å². The molecule has 0 aromatic carbocycles. The van der Waals surface area contributed by atoms with Crippen molar-refractivity contribution in [3.8, 4) is 0 Å². The van der Waals surface area contributed by atoms with E-state index in [-0.39, 0.29) is 31.9 Å². The molecule has 0 spiro atoms. The zero-order valence-corrected chi connectivity index (χ0v) is 11.9. The molecule has 0 atom stereocenters. The molecule has 0 rings (SSSR count). The first-order valence-corrected chi connectivity index (χ1v) is 5.93. The number of hydrogen-bond acceptors (Lipinski definition) is 7. The van der Waals surface area contributed by atoms with Crippen molar-refractivity contribution < 1.29 is 42.5 Å². The Morgan fingerprint density at radius 2 is 1.72 bits per heavy atom. The third-order valence-electron chi connectivity index (χ3n) is 1.29. The third-order valence-corrected chi connectivity index (χ3v) is 1.47. The van der Waals surface area contributed by atoms with Gasteiger partial charge in [-0.15, -0.1) is 6.54 Å². The number of carbonyl (C=O) groups is 1. The number of aliphatic imine (C=N–C) groups is 2. The Morgan fingerprint density at radius 3 is 2.17 bits per heavy atom. The molecule has 101 valence electrons. The quantitative estimate of drug-likeness (QED) is 0.228. The Balaban J connectivity index is 0. The third kappa shape index (κ3) is 13.2. The molecule has 0 saturated carbocycles. The Labute approximate surface area is 120 Å². The van der Waals surface area contributed by atoms with Crippen LogP contribution in [0.25, 0.3) is 5.32 Å². The standard InChI is InChI=1S/C8H14N3O4S.O.Tc/c12-6(13)5-9-1-2-10-7(14)8(15)11-3-4-16;;/h16H,1-5H2,(H,10,14)(H,11,15)(H,12,13);;/q-1;;+4/p-3/i;;1+1. The number of nitrogens with zero attached hydrogens (tertiary/aromatic N) is 3. The summed E-state index contributed by atoms with van der Waals surface area (Å²) in [4.78, 5) is 16.8. The summed E-state index contributed by atoms with van der Waals surface area (Å²) >= 11 is 5.44. The number of aliphatic carboxylic acids is 1. The Bertz CT molecular complexity index is 300. The molecule has 1 N–H and O–H groups in total. The van der Waals surface area contributed by atoms with Gasteiger partial charge in [0.25, 0.3) is 5.97 Å². The van der Waals surface area contributed by atoms with Gasteiger partial charge in [-0.25, -0.2) is 0 Å². The average Bonchev–Trinajstić information content (AvgIpc) is 2.37. The Morgan fingerprint density at radius 1 is 1.22 bits per heavy atom. The fourth-order valence-corrected chi connectivity index (χ4v) is 0.771. The molecular weight excluding hydrogens is 349 g/mol. The van der Waals surface area contributed by atoms with Crippen LogP contribution < -0.4 is 10.2 Å². The van der Waals surface area contributed by atoms with Crippen LogP contribution in [0.15, 0.2) is 9.98 Å². The van der Waals surface area contributed by atoms with Crippen LogP contribution in [-0.4, -0.2) is 54.8 Å². The van der Waals surface area contributed by atoms with E-state index in [1.165, 1.54) is 0 Å². The zero-order chi connectivity index (χ0) is 14.4. The van der Waals surface area contributed by atoms with Crippen molar-refractivity contribution >= 4 is 30.4 Å². The molecule has 0 fully saturated rings. The van der Waals surface area contributed by atoms with Gasteiger partial charge in [0.2, 0.25) is 0 Å². The van der Waals surface area contributed by atoms with Crippen molar-refractivity contribution in [2.75, 3.05) is 31.9 Å². The molecule has 0 bridgehead atoms. The molecule has 0 amide bonds. The second-order valence-electron chi connectivity index (χ2n) is 2.58.